The minimum Gasteiger partial charge on any atom is -0.550 e. The normalized spacial score (nSPS) is 11.5. The molecule has 1 aromatic rings. The molecule has 0 heterocycles. The molecule has 1 atom stereocenters. The second-order valence-corrected chi connectivity index (χ2v) is 3.25. The van der Waals surface area contributed by atoms with Gasteiger partial charge in [0.2, 0.25) is 0 Å². The first kappa shape index (κ1) is 14.6. The fourth-order valence-electron chi connectivity index (χ4n) is 1.27. The Hall–Kier alpha value is -0.350. The number of hydrogen-bond donors (Lipinski definition) is 1. The molecule has 0 saturated heterocycles. The average molecular weight is 216 g/mol. The van der Waals surface area contributed by atoms with Crippen LogP contribution in [-0.4, -0.2) is 17.2 Å². The van der Waals surface area contributed by atoms with Gasteiger partial charge in [-0.1, -0.05) is 30.3 Å². The number of carbonyl (C=O) groups is 1. The van der Waals surface area contributed by atoms with Gasteiger partial charge in [0.1, 0.15) is 0 Å². The first-order valence-electron chi connectivity index (χ1n) is 4.60. The van der Waals surface area contributed by atoms with Crippen molar-refractivity contribution in [1.29, 1.82) is 0 Å². The van der Waals surface area contributed by atoms with Crippen molar-refractivity contribution in [3.8, 4) is 0 Å². The van der Waals surface area contributed by atoms with Crippen LogP contribution in [0, 0.1) is 0 Å². The van der Waals surface area contributed by atoms with Crippen molar-refractivity contribution in [2.45, 2.75) is 25.4 Å². The predicted octanol–water partition coefficient (Wildman–Crippen LogP) is -2.88. The van der Waals surface area contributed by atoms with E-state index in [1.54, 1.807) is 0 Å². The Kier molecular flexibility index (Phi) is 7.70. The number of aliphatic hydroxyl groups is 1. The molecule has 1 aromatic carbocycles. The van der Waals surface area contributed by atoms with Gasteiger partial charge in [-0.2, -0.15) is 0 Å². The maximum absolute atomic E-state index is 10.1. The van der Waals surface area contributed by atoms with Crippen LogP contribution in [0.15, 0.2) is 30.3 Å². The largest absolute Gasteiger partial charge is 1.00 e. The first-order valence-corrected chi connectivity index (χ1v) is 4.60. The fraction of sp³-hybridized carbons (Fsp3) is 0.364. The van der Waals surface area contributed by atoms with Crippen molar-refractivity contribution in [2.75, 3.05) is 0 Å². The number of carboxylic acids is 1. The SMILES string of the molecule is O=C([O-])CC[C@H](O)Cc1ccccc1.[Na+]. The summed E-state index contributed by atoms with van der Waals surface area (Å²) >= 11 is 0. The van der Waals surface area contributed by atoms with Crippen molar-refractivity contribution in [1.82, 2.24) is 0 Å². The van der Waals surface area contributed by atoms with E-state index in [1.165, 1.54) is 0 Å². The summed E-state index contributed by atoms with van der Waals surface area (Å²) in [4.78, 5) is 10.1. The van der Waals surface area contributed by atoms with Crippen LogP contribution in [0.5, 0.6) is 0 Å². The summed E-state index contributed by atoms with van der Waals surface area (Å²) < 4.78 is 0. The molecule has 3 nitrogen and oxygen atoms in total. The minimum atomic E-state index is -1.11. The average Bonchev–Trinajstić information content (AvgIpc) is 2.16. The third kappa shape index (κ3) is 6.68. The molecular weight excluding hydrogens is 203 g/mol. The Bertz CT molecular complexity index is 287. The fourth-order valence-corrected chi connectivity index (χ4v) is 1.27. The van der Waals surface area contributed by atoms with Gasteiger partial charge < -0.3 is 15.0 Å². The van der Waals surface area contributed by atoms with Gasteiger partial charge in [0.05, 0.1) is 6.10 Å². The molecule has 0 unspecified atom stereocenters. The number of aliphatic hydroxyl groups excluding tert-OH is 1. The van der Waals surface area contributed by atoms with Gasteiger partial charge in [0.15, 0.2) is 0 Å². The van der Waals surface area contributed by atoms with Crippen LogP contribution in [0.3, 0.4) is 0 Å². The predicted molar refractivity (Wildman–Crippen MR) is 50.4 cm³/mol. The molecule has 0 radical (unpaired) electrons. The van der Waals surface area contributed by atoms with E-state index < -0.39 is 12.1 Å². The van der Waals surface area contributed by atoms with Crippen LogP contribution in [0.25, 0.3) is 0 Å². The van der Waals surface area contributed by atoms with Gasteiger partial charge in [0, 0.05) is 5.97 Å². The van der Waals surface area contributed by atoms with E-state index >= 15 is 0 Å². The van der Waals surface area contributed by atoms with Gasteiger partial charge >= 0.3 is 29.6 Å². The van der Waals surface area contributed by atoms with Crippen LogP contribution >= 0.6 is 0 Å². The number of rotatable bonds is 5. The standard InChI is InChI=1S/C11H14O3.Na/c12-10(6-7-11(13)14)8-9-4-2-1-3-5-9;/h1-5,10,12H,6-8H2,(H,13,14);/q;+1/p-1/t10-;/m0./s1. The summed E-state index contributed by atoms with van der Waals surface area (Å²) in [5.74, 6) is -1.11. The van der Waals surface area contributed by atoms with E-state index in [2.05, 4.69) is 0 Å². The summed E-state index contributed by atoms with van der Waals surface area (Å²) in [5.41, 5.74) is 1.01. The Labute approximate surface area is 111 Å². The number of benzene rings is 1. The van der Waals surface area contributed by atoms with Crippen molar-refractivity contribution >= 4 is 5.97 Å². The monoisotopic (exact) mass is 216 g/mol. The summed E-state index contributed by atoms with van der Waals surface area (Å²) in [7, 11) is 0. The summed E-state index contributed by atoms with van der Waals surface area (Å²) in [5, 5.41) is 19.6. The minimum absolute atomic E-state index is 0. The summed E-state index contributed by atoms with van der Waals surface area (Å²) in [6.07, 6.45) is 0.0506. The summed E-state index contributed by atoms with van der Waals surface area (Å²) in [6.45, 7) is 0. The second-order valence-electron chi connectivity index (χ2n) is 3.25. The third-order valence-corrected chi connectivity index (χ3v) is 2.00. The van der Waals surface area contributed by atoms with Crippen LogP contribution in [-0.2, 0) is 11.2 Å². The molecule has 0 aromatic heterocycles. The topological polar surface area (TPSA) is 60.4 Å². The zero-order valence-corrected chi connectivity index (χ0v) is 10.8. The molecule has 1 rings (SSSR count). The number of aliphatic carboxylic acids is 1. The molecule has 0 amide bonds. The number of carbonyl (C=O) groups excluding carboxylic acids is 1. The molecule has 0 aliphatic heterocycles. The first-order chi connectivity index (χ1) is 6.68. The quantitative estimate of drug-likeness (QED) is 0.538. The van der Waals surface area contributed by atoms with E-state index in [0.717, 1.165) is 5.56 Å². The molecular formula is C11H13NaO3. The van der Waals surface area contributed by atoms with E-state index in [4.69, 9.17) is 0 Å². The third-order valence-electron chi connectivity index (χ3n) is 2.00. The van der Waals surface area contributed by atoms with Gasteiger partial charge in [-0.3, -0.25) is 0 Å². The molecule has 76 valence electrons. The van der Waals surface area contributed by atoms with Gasteiger partial charge in [-0.05, 0) is 24.8 Å². The van der Waals surface area contributed by atoms with Crippen molar-refractivity contribution in [3.63, 3.8) is 0 Å². The van der Waals surface area contributed by atoms with E-state index in [-0.39, 0.29) is 42.4 Å². The summed E-state index contributed by atoms with van der Waals surface area (Å²) in [6, 6.07) is 9.49. The van der Waals surface area contributed by atoms with Gasteiger partial charge in [-0.15, -0.1) is 0 Å². The zero-order valence-electron chi connectivity index (χ0n) is 8.85. The van der Waals surface area contributed by atoms with E-state index in [0.29, 0.717) is 6.42 Å². The molecule has 0 bridgehead atoms. The zero-order chi connectivity index (χ0) is 10.4. The van der Waals surface area contributed by atoms with Gasteiger partial charge in [0.25, 0.3) is 0 Å². The van der Waals surface area contributed by atoms with E-state index in [1.807, 2.05) is 30.3 Å². The maximum atomic E-state index is 10.1. The molecule has 0 aliphatic rings. The van der Waals surface area contributed by atoms with Crippen LogP contribution < -0.4 is 34.7 Å². The molecule has 4 heteroatoms. The Balaban J connectivity index is 0.00000196. The number of carboxylic acid groups (broad SMARTS) is 1. The van der Waals surface area contributed by atoms with Gasteiger partial charge in [-0.25, -0.2) is 0 Å². The Morgan fingerprint density at radius 3 is 2.47 bits per heavy atom. The Morgan fingerprint density at radius 1 is 1.33 bits per heavy atom. The number of hydrogen-bond acceptors (Lipinski definition) is 3. The molecule has 0 fully saturated rings. The molecule has 0 saturated carbocycles. The van der Waals surface area contributed by atoms with Crippen molar-refractivity contribution in [2.24, 2.45) is 0 Å². The van der Waals surface area contributed by atoms with Crippen LogP contribution in [0.1, 0.15) is 18.4 Å². The molecule has 15 heavy (non-hydrogen) atoms. The van der Waals surface area contributed by atoms with Crippen molar-refractivity contribution < 1.29 is 44.6 Å². The van der Waals surface area contributed by atoms with Crippen LogP contribution in [0.2, 0.25) is 0 Å². The van der Waals surface area contributed by atoms with E-state index in [9.17, 15) is 15.0 Å². The molecule has 0 spiro atoms. The van der Waals surface area contributed by atoms with Crippen molar-refractivity contribution in [3.05, 3.63) is 35.9 Å². The second kappa shape index (κ2) is 7.88. The molecule has 0 aliphatic carbocycles. The smallest absolute Gasteiger partial charge is 0.550 e. The van der Waals surface area contributed by atoms with Crippen LogP contribution in [0.4, 0.5) is 0 Å². The molecule has 1 N–H and O–H groups in total. The maximum Gasteiger partial charge on any atom is 1.00 e. The Morgan fingerprint density at radius 2 is 1.93 bits per heavy atom.